The van der Waals surface area contributed by atoms with Crippen LogP contribution in [0.25, 0.3) is 0 Å². The molecule has 0 aromatic heterocycles. The predicted octanol–water partition coefficient (Wildman–Crippen LogP) is 3.81. The molecular formula is C22H21NO3. The van der Waals surface area contributed by atoms with E-state index in [2.05, 4.69) is 37.4 Å². The monoisotopic (exact) mass is 347 g/mol. The first-order chi connectivity index (χ1) is 12.5. The van der Waals surface area contributed by atoms with Crippen LogP contribution >= 0.6 is 0 Å². The van der Waals surface area contributed by atoms with Crippen molar-refractivity contribution in [1.82, 2.24) is 0 Å². The Bertz CT molecular complexity index is 974. The maximum absolute atomic E-state index is 12.0. The second-order valence-corrected chi connectivity index (χ2v) is 8.45. The normalized spacial score (nSPS) is 34.5. The first-order valence-corrected chi connectivity index (χ1v) is 9.44. The molecule has 0 radical (unpaired) electrons. The summed E-state index contributed by atoms with van der Waals surface area (Å²) >= 11 is 0. The molecule has 6 rings (SSSR count). The van der Waals surface area contributed by atoms with E-state index >= 15 is 0 Å². The Hall–Kier alpha value is -2.49. The molecule has 0 spiro atoms. The van der Waals surface area contributed by atoms with Gasteiger partial charge in [-0.1, -0.05) is 23.8 Å². The molecule has 4 heteroatoms. The number of aliphatic carboxylic acids is 1. The zero-order chi connectivity index (χ0) is 17.7. The van der Waals surface area contributed by atoms with Crippen molar-refractivity contribution in [2.24, 2.45) is 11.8 Å². The Kier molecular flexibility index (Phi) is 2.60. The van der Waals surface area contributed by atoms with Gasteiger partial charge in [0.05, 0.1) is 5.92 Å². The number of carboxylic acid groups (broad SMARTS) is 1. The molecule has 2 aliphatic heterocycles. The van der Waals surface area contributed by atoms with Gasteiger partial charge in [-0.15, -0.1) is 0 Å². The zero-order valence-corrected chi connectivity index (χ0v) is 14.8. The minimum Gasteiger partial charge on any atom is -0.486 e. The molecule has 2 aromatic rings. The first-order valence-electron chi connectivity index (χ1n) is 9.44. The molecule has 2 N–H and O–H groups in total. The standard InChI is InChI=1S/C22H21NO3/c1-9-3-4-16-14(5-9)19-17-10(2)6-11(18-12-8-13(12)18)7-15(17)23-20(22(24)25)21(19)26-16/h3-7,12-13,18-21,23H,8H2,1-2H3,(H,24,25). The Morgan fingerprint density at radius 3 is 2.69 bits per heavy atom. The van der Waals surface area contributed by atoms with Crippen molar-refractivity contribution in [2.45, 2.75) is 44.2 Å². The minimum atomic E-state index is -0.854. The van der Waals surface area contributed by atoms with Gasteiger partial charge in [-0.25, -0.2) is 4.79 Å². The molecule has 5 atom stereocenters. The Labute approximate surface area is 152 Å². The van der Waals surface area contributed by atoms with Crippen LogP contribution in [-0.2, 0) is 4.79 Å². The van der Waals surface area contributed by atoms with Crippen LogP contribution in [0.4, 0.5) is 5.69 Å². The number of fused-ring (bicyclic) bond motifs is 6. The maximum Gasteiger partial charge on any atom is 0.330 e. The molecule has 2 heterocycles. The molecule has 4 nitrogen and oxygen atoms in total. The fraction of sp³-hybridized carbons (Fsp3) is 0.409. The lowest BCUT2D eigenvalue weighted by Crippen LogP contribution is -2.48. The average molecular weight is 347 g/mol. The summed E-state index contributed by atoms with van der Waals surface area (Å²) in [6.45, 7) is 4.23. The van der Waals surface area contributed by atoms with Crippen molar-refractivity contribution in [2.75, 3.05) is 5.32 Å². The summed E-state index contributed by atoms with van der Waals surface area (Å²) in [6.07, 6.45) is 0.965. The van der Waals surface area contributed by atoms with Crippen LogP contribution in [0, 0.1) is 25.7 Å². The van der Waals surface area contributed by atoms with Gasteiger partial charge in [0.15, 0.2) is 6.04 Å². The maximum atomic E-state index is 12.0. The van der Waals surface area contributed by atoms with Gasteiger partial charge in [-0.3, -0.25) is 0 Å². The quantitative estimate of drug-likeness (QED) is 0.867. The van der Waals surface area contributed by atoms with E-state index in [-0.39, 0.29) is 5.92 Å². The predicted molar refractivity (Wildman–Crippen MR) is 98.0 cm³/mol. The fourth-order valence-corrected chi connectivity index (χ4v) is 5.27. The Morgan fingerprint density at radius 1 is 1.19 bits per heavy atom. The van der Waals surface area contributed by atoms with E-state index in [9.17, 15) is 9.90 Å². The van der Waals surface area contributed by atoms with Gasteiger partial charge >= 0.3 is 5.97 Å². The number of carbonyl (C=O) groups is 1. The molecule has 2 fully saturated rings. The van der Waals surface area contributed by atoms with Crippen molar-refractivity contribution in [3.05, 3.63) is 58.1 Å². The van der Waals surface area contributed by atoms with Crippen molar-refractivity contribution in [1.29, 1.82) is 0 Å². The molecule has 0 saturated heterocycles. The highest BCUT2D eigenvalue weighted by atomic mass is 16.5. The first kappa shape index (κ1) is 14.7. The molecule has 2 saturated carbocycles. The van der Waals surface area contributed by atoms with Crippen LogP contribution < -0.4 is 10.1 Å². The smallest absolute Gasteiger partial charge is 0.330 e. The number of aryl methyl sites for hydroxylation is 2. The van der Waals surface area contributed by atoms with Crippen LogP contribution in [0.15, 0.2) is 30.3 Å². The van der Waals surface area contributed by atoms with E-state index in [4.69, 9.17) is 4.74 Å². The van der Waals surface area contributed by atoms with E-state index in [0.717, 1.165) is 28.8 Å². The molecular weight excluding hydrogens is 326 g/mol. The Morgan fingerprint density at radius 2 is 2.00 bits per heavy atom. The summed E-state index contributed by atoms with van der Waals surface area (Å²) in [7, 11) is 0. The summed E-state index contributed by atoms with van der Waals surface area (Å²) in [5.74, 6) is 2.42. The molecule has 132 valence electrons. The highest BCUT2D eigenvalue weighted by molar-refractivity contribution is 5.82. The Balaban J connectivity index is 1.53. The van der Waals surface area contributed by atoms with Crippen LogP contribution in [0.1, 0.15) is 46.1 Å². The second kappa shape index (κ2) is 4.61. The second-order valence-electron chi connectivity index (χ2n) is 8.45. The molecule has 4 aliphatic rings. The zero-order valence-electron chi connectivity index (χ0n) is 14.8. The number of carboxylic acids is 1. The van der Waals surface area contributed by atoms with Gasteiger partial charge in [-0.05, 0) is 66.8 Å². The van der Waals surface area contributed by atoms with Crippen LogP contribution in [0.5, 0.6) is 5.75 Å². The van der Waals surface area contributed by atoms with Crippen LogP contribution in [0.2, 0.25) is 0 Å². The molecule has 2 aliphatic carbocycles. The largest absolute Gasteiger partial charge is 0.486 e. The van der Waals surface area contributed by atoms with E-state index in [1.165, 1.54) is 28.7 Å². The molecule has 2 aromatic carbocycles. The van der Waals surface area contributed by atoms with Crippen molar-refractivity contribution in [3.8, 4) is 5.75 Å². The summed E-state index contributed by atoms with van der Waals surface area (Å²) in [6, 6.07) is 9.95. The minimum absolute atomic E-state index is 0.0231. The van der Waals surface area contributed by atoms with Crippen LogP contribution in [-0.4, -0.2) is 23.2 Å². The van der Waals surface area contributed by atoms with Gasteiger partial charge in [-0.2, -0.15) is 0 Å². The van der Waals surface area contributed by atoms with E-state index in [0.29, 0.717) is 5.92 Å². The van der Waals surface area contributed by atoms with Gasteiger partial charge < -0.3 is 15.2 Å². The van der Waals surface area contributed by atoms with Crippen LogP contribution in [0.3, 0.4) is 0 Å². The number of anilines is 1. The third kappa shape index (κ3) is 1.82. The van der Waals surface area contributed by atoms with Gasteiger partial charge in [0.25, 0.3) is 0 Å². The number of ether oxygens (including phenoxy) is 1. The molecule has 26 heavy (non-hydrogen) atoms. The van der Waals surface area contributed by atoms with Crippen molar-refractivity contribution in [3.63, 3.8) is 0 Å². The lowest BCUT2D eigenvalue weighted by Gasteiger charge is -2.35. The van der Waals surface area contributed by atoms with Gasteiger partial charge in [0, 0.05) is 11.3 Å². The van der Waals surface area contributed by atoms with E-state index < -0.39 is 18.1 Å². The number of benzene rings is 2. The number of hydrogen-bond acceptors (Lipinski definition) is 3. The lowest BCUT2D eigenvalue weighted by molar-refractivity contribution is -0.140. The summed E-state index contributed by atoms with van der Waals surface area (Å²) in [5, 5.41) is 13.1. The summed E-state index contributed by atoms with van der Waals surface area (Å²) in [4.78, 5) is 12.0. The highest BCUT2D eigenvalue weighted by Crippen LogP contribution is 2.73. The third-order valence-corrected chi connectivity index (χ3v) is 6.78. The molecule has 5 unspecified atom stereocenters. The SMILES string of the molecule is Cc1ccc2c(c1)C1c3c(C)cc(C4C5CC54)cc3NC(C(=O)O)C1O2. The third-order valence-electron chi connectivity index (χ3n) is 6.78. The van der Waals surface area contributed by atoms with Crippen molar-refractivity contribution < 1.29 is 14.6 Å². The van der Waals surface area contributed by atoms with E-state index in [1.54, 1.807) is 0 Å². The highest BCUT2D eigenvalue weighted by Gasteiger charge is 2.64. The van der Waals surface area contributed by atoms with Crippen molar-refractivity contribution >= 4 is 11.7 Å². The molecule has 0 bridgehead atoms. The lowest BCUT2D eigenvalue weighted by atomic mass is 9.78. The van der Waals surface area contributed by atoms with E-state index in [1.807, 2.05) is 12.1 Å². The summed E-state index contributed by atoms with van der Waals surface area (Å²) in [5.41, 5.74) is 7.10. The summed E-state index contributed by atoms with van der Waals surface area (Å²) < 4.78 is 6.12. The van der Waals surface area contributed by atoms with Gasteiger partial charge in [0.2, 0.25) is 0 Å². The average Bonchev–Trinajstić information content (AvgIpc) is 3.46. The number of hydrogen-bond donors (Lipinski definition) is 2. The topological polar surface area (TPSA) is 58.6 Å². The van der Waals surface area contributed by atoms with Gasteiger partial charge in [0.1, 0.15) is 11.9 Å². The fourth-order valence-electron chi connectivity index (χ4n) is 5.27. The number of rotatable bonds is 2. The molecule has 0 amide bonds. The number of nitrogens with one attached hydrogen (secondary N) is 1.